The SMILES string of the molecule is COc1ccccc1-c1[nH]nc2ncc(-c3cccc(C(=O)CC(C)C)c3)cc12. The number of carbonyl (C=O) groups is 1. The summed E-state index contributed by atoms with van der Waals surface area (Å²) < 4.78 is 5.50. The number of methoxy groups -OCH3 is 1. The van der Waals surface area contributed by atoms with Crippen LogP contribution in [0.15, 0.2) is 60.8 Å². The van der Waals surface area contributed by atoms with Gasteiger partial charge in [-0.15, -0.1) is 0 Å². The molecule has 5 heteroatoms. The Hall–Kier alpha value is -3.47. The van der Waals surface area contributed by atoms with Gasteiger partial charge in [0.2, 0.25) is 0 Å². The summed E-state index contributed by atoms with van der Waals surface area (Å²) >= 11 is 0. The molecule has 0 atom stereocenters. The van der Waals surface area contributed by atoms with Gasteiger partial charge in [0, 0.05) is 34.7 Å². The molecule has 4 rings (SSSR count). The van der Waals surface area contributed by atoms with Crippen LogP contribution in [0.5, 0.6) is 5.75 Å². The summed E-state index contributed by atoms with van der Waals surface area (Å²) in [4.78, 5) is 17.0. The molecule has 0 radical (unpaired) electrons. The van der Waals surface area contributed by atoms with E-state index in [1.807, 2.05) is 48.5 Å². The number of aromatic nitrogens is 3. The molecule has 0 bridgehead atoms. The van der Waals surface area contributed by atoms with E-state index in [1.54, 1.807) is 13.3 Å². The van der Waals surface area contributed by atoms with Gasteiger partial charge in [0.15, 0.2) is 11.4 Å². The van der Waals surface area contributed by atoms with Crippen molar-refractivity contribution in [2.45, 2.75) is 20.3 Å². The molecule has 0 aliphatic heterocycles. The number of nitrogens with one attached hydrogen (secondary N) is 1. The van der Waals surface area contributed by atoms with Crippen LogP contribution in [0, 0.1) is 5.92 Å². The highest BCUT2D eigenvalue weighted by molar-refractivity contribution is 5.98. The zero-order valence-corrected chi connectivity index (χ0v) is 16.8. The highest BCUT2D eigenvalue weighted by atomic mass is 16.5. The van der Waals surface area contributed by atoms with Crippen molar-refractivity contribution in [2.24, 2.45) is 5.92 Å². The monoisotopic (exact) mass is 385 g/mol. The van der Waals surface area contributed by atoms with Crippen LogP contribution in [0.4, 0.5) is 0 Å². The van der Waals surface area contributed by atoms with Crippen molar-refractivity contribution in [3.8, 4) is 28.1 Å². The van der Waals surface area contributed by atoms with Crippen molar-refractivity contribution in [3.63, 3.8) is 0 Å². The number of ether oxygens (including phenoxy) is 1. The zero-order chi connectivity index (χ0) is 20.4. The van der Waals surface area contributed by atoms with Crippen LogP contribution in [0.25, 0.3) is 33.4 Å². The number of hydrogen-bond acceptors (Lipinski definition) is 4. The average Bonchev–Trinajstić information content (AvgIpc) is 3.16. The van der Waals surface area contributed by atoms with Gasteiger partial charge < -0.3 is 4.74 Å². The van der Waals surface area contributed by atoms with Gasteiger partial charge in [-0.05, 0) is 35.7 Å². The lowest BCUT2D eigenvalue weighted by atomic mass is 9.97. The second-order valence-electron chi connectivity index (χ2n) is 7.50. The van der Waals surface area contributed by atoms with E-state index in [4.69, 9.17) is 4.74 Å². The first-order valence-electron chi connectivity index (χ1n) is 9.68. The fourth-order valence-electron chi connectivity index (χ4n) is 3.47. The fraction of sp³-hybridized carbons (Fsp3) is 0.208. The molecule has 0 fully saturated rings. The normalized spacial score (nSPS) is 11.2. The topological polar surface area (TPSA) is 67.9 Å². The van der Waals surface area contributed by atoms with Gasteiger partial charge >= 0.3 is 0 Å². The number of para-hydroxylation sites is 1. The molecule has 29 heavy (non-hydrogen) atoms. The fourth-order valence-corrected chi connectivity index (χ4v) is 3.47. The summed E-state index contributed by atoms with van der Waals surface area (Å²) in [6, 6.07) is 17.6. The molecule has 1 N–H and O–H groups in total. The Labute approximate surface area is 169 Å². The molecule has 146 valence electrons. The third-order valence-corrected chi connectivity index (χ3v) is 4.90. The molecule has 0 saturated carbocycles. The lowest BCUT2D eigenvalue weighted by molar-refractivity contribution is 0.0968. The summed E-state index contributed by atoms with van der Waals surface area (Å²) in [5.74, 6) is 1.26. The number of pyridine rings is 1. The lowest BCUT2D eigenvalue weighted by Gasteiger charge is -2.08. The maximum absolute atomic E-state index is 12.5. The van der Waals surface area contributed by atoms with E-state index in [0.717, 1.165) is 39.1 Å². The number of benzene rings is 2. The highest BCUT2D eigenvalue weighted by Gasteiger charge is 2.15. The number of H-pyrrole nitrogens is 1. The van der Waals surface area contributed by atoms with E-state index >= 15 is 0 Å². The summed E-state index contributed by atoms with van der Waals surface area (Å²) in [7, 11) is 1.65. The van der Waals surface area contributed by atoms with Crippen LogP contribution < -0.4 is 4.74 Å². The number of ketones is 1. The number of carbonyl (C=O) groups excluding carboxylic acids is 1. The number of Topliss-reactive ketones (excluding diaryl/α,β-unsaturated/α-hetero) is 1. The number of hydrogen-bond donors (Lipinski definition) is 1. The van der Waals surface area contributed by atoms with Gasteiger partial charge in [0.05, 0.1) is 12.8 Å². The van der Waals surface area contributed by atoms with Crippen LogP contribution in [-0.2, 0) is 0 Å². The highest BCUT2D eigenvalue weighted by Crippen LogP contribution is 2.34. The first-order chi connectivity index (χ1) is 14.1. The summed E-state index contributed by atoms with van der Waals surface area (Å²) in [6.45, 7) is 4.11. The smallest absolute Gasteiger partial charge is 0.181 e. The molecule has 2 aromatic carbocycles. The van der Waals surface area contributed by atoms with E-state index in [1.165, 1.54) is 0 Å². The van der Waals surface area contributed by atoms with Crippen molar-refractivity contribution in [3.05, 3.63) is 66.4 Å². The van der Waals surface area contributed by atoms with Gasteiger partial charge in [-0.1, -0.05) is 44.2 Å². The molecule has 0 aliphatic carbocycles. The maximum Gasteiger partial charge on any atom is 0.181 e. The molecule has 4 aromatic rings. The van der Waals surface area contributed by atoms with Gasteiger partial charge in [0.1, 0.15) is 5.75 Å². The second kappa shape index (κ2) is 7.87. The van der Waals surface area contributed by atoms with Crippen molar-refractivity contribution in [1.29, 1.82) is 0 Å². The molecule has 0 unspecified atom stereocenters. The summed E-state index contributed by atoms with van der Waals surface area (Å²) in [5, 5.41) is 8.33. The number of rotatable bonds is 6. The quantitative estimate of drug-likeness (QED) is 0.443. The van der Waals surface area contributed by atoms with Gasteiger partial charge in [-0.25, -0.2) is 4.98 Å². The minimum Gasteiger partial charge on any atom is -0.496 e. The minimum absolute atomic E-state index is 0.161. The van der Waals surface area contributed by atoms with E-state index < -0.39 is 0 Å². The van der Waals surface area contributed by atoms with Gasteiger partial charge in [-0.2, -0.15) is 5.10 Å². The predicted octanol–water partition coefficient (Wildman–Crippen LogP) is 5.53. The van der Waals surface area contributed by atoms with Crippen LogP contribution in [0.3, 0.4) is 0 Å². The van der Waals surface area contributed by atoms with Crippen LogP contribution in [0.1, 0.15) is 30.6 Å². The molecule has 0 amide bonds. The van der Waals surface area contributed by atoms with Gasteiger partial charge in [0.25, 0.3) is 0 Å². The number of nitrogens with zero attached hydrogens (tertiary/aromatic N) is 2. The Morgan fingerprint density at radius 2 is 1.90 bits per heavy atom. The van der Waals surface area contributed by atoms with Crippen molar-refractivity contribution in [1.82, 2.24) is 15.2 Å². The van der Waals surface area contributed by atoms with E-state index in [-0.39, 0.29) is 5.78 Å². The maximum atomic E-state index is 12.5. The predicted molar refractivity (Wildman–Crippen MR) is 115 cm³/mol. The van der Waals surface area contributed by atoms with E-state index in [0.29, 0.717) is 18.0 Å². The first-order valence-corrected chi connectivity index (χ1v) is 9.68. The van der Waals surface area contributed by atoms with Crippen LogP contribution >= 0.6 is 0 Å². The van der Waals surface area contributed by atoms with Crippen molar-refractivity contribution >= 4 is 16.8 Å². The number of aromatic amines is 1. The average molecular weight is 385 g/mol. The standard InChI is InChI=1S/C24H23N3O2/c1-15(2)11-21(28)17-8-6-7-16(12-17)18-13-20-23(26-27-24(20)25-14-18)19-9-4-5-10-22(19)29-3/h4-10,12-15H,11H2,1-3H3,(H,25,26,27). The molecule has 0 saturated heterocycles. The molecule has 2 aromatic heterocycles. The third kappa shape index (κ3) is 3.76. The molecular weight excluding hydrogens is 362 g/mol. The largest absolute Gasteiger partial charge is 0.496 e. The van der Waals surface area contributed by atoms with Gasteiger partial charge in [-0.3, -0.25) is 9.89 Å². The summed E-state index contributed by atoms with van der Waals surface area (Å²) in [6.07, 6.45) is 2.33. The third-order valence-electron chi connectivity index (χ3n) is 4.90. The minimum atomic E-state index is 0.161. The van der Waals surface area contributed by atoms with Crippen LogP contribution in [0.2, 0.25) is 0 Å². The Balaban J connectivity index is 1.78. The molecular formula is C24H23N3O2. The van der Waals surface area contributed by atoms with Crippen LogP contribution in [-0.4, -0.2) is 28.1 Å². The Kier molecular flexibility index (Phi) is 5.12. The van der Waals surface area contributed by atoms with Crippen molar-refractivity contribution < 1.29 is 9.53 Å². The summed E-state index contributed by atoms with van der Waals surface area (Å²) in [5.41, 5.74) is 5.06. The molecule has 0 aliphatic rings. The van der Waals surface area contributed by atoms with E-state index in [9.17, 15) is 4.79 Å². The zero-order valence-electron chi connectivity index (χ0n) is 16.8. The molecule has 0 spiro atoms. The molecule has 5 nitrogen and oxygen atoms in total. The molecule has 2 heterocycles. The van der Waals surface area contributed by atoms with E-state index in [2.05, 4.69) is 35.1 Å². The Bertz CT molecular complexity index is 1180. The second-order valence-corrected chi connectivity index (χ2v) is 7.50. The number of fused-ring (bicyclic) bond motifs is 1. The lowest BCUT2D eigenvalue weighted by Crippen LogP contribution is -2.03. The Morgan fingerprint density at radius 3 is 2.69 bits per heavy atom. The van der Waals surface area contributed by atoms with Crippen molar-refractivity contribution in [2.75, 3.05) is 7.11 Å². The Morgan fingerprint density at radius 1 is 1.07 bits per heavy atom. The first kappa shape index (κ1) is 18.9.